The molecule has 0 saturated carbocycles. The van der Waals surface area contributed by atoms with Gasteiger partial charge in [-0.15, -0.1) is 0 Å². The van der Waals surface area contributed by atoms with Crippen LogP contribution in [0.2, 0.25) is 0 Å². The van der Waals surface area contributed by atoms with Crippen molar-refractivity contribution in [2.45, 2.75) is 13.5 Å². The minimum Gasteiger partial charge on any atom is -0.493 e. The molecule has 0 spiro atoms. The topological polar surface area (TPSA) is 47.9 Å². The molecule has 0 fully saturated rings. The van der Waals surface area contributed by atoms with Gasteiger partial charge in [-0.2, -0.15) is 0 Å². The Morgan fingerprint density at radius 3 is 2.62 bits per heavy atom. The number of aliphatic hydroxyl groups excluding tert-OH is 1. The standard InChI is InChI=1S/C12H18O4/c1-3-15-6-7-16-12-8-10(9-13)4-5-11(12)14-2/h4-5,8,13H,3,6-7,9H2,1-2H3. The molecule has 0 unspecified atom stereocenters. The highest BCUT2D eigenvalue weighted by molar-refractivity contribution is 5.42. The summed E-state index contributed by atoms with van der Waals surface area (Å²) in [5.41, 5.74) is 0.798. The van der Waals surface area contributed by atoms with Crippen molar-refractivity contribution in [3.8, 4) is 11.5 Å². The van der Waals surface area contributed by atoms with Crippen molar-refractivity contribution < 1.29 is 19.3 Å². The molecular formula is C12H18O4. The lowest BCUT2D eigenvalue weighted by atomic mass is 10.2. The second kappa shape index (κ2) is 7.09. The first-order valence-electron chi connectivity index (χ1n) is 5.30. The number of ether oxygens (including phenoxy) is 3. The highest BCUT2D eigenvalue weighted by Crippen LogP contribution is 2.27. The van der Waals surface area contributed by atoms with Gasteiger partial charge in [-0.25, -0.2) is 0 Å². The molecule has 1 rings (SSSR count). The van der Waals surface area contributed by atoms with E-state index < -0.39 is 0 Å². The zero-order valence-electron chi connectivity index (χ0n) is 9.73. The third-order valence-corrected chi connectivity index (χ3v) is 2.10. The summed E-state index contributed by atoms with van der Waals surface area (Å²) >= 11 is 0. The summed E-state index contributed by atoms with van der Waals surface area (Å²) in [5, 5.41) is 9.01. The minimum absolute atomic E-state index is 0.00812. The van der Waals surface area contributed by atoms with Gasteiger partial charge >= 0.3 is 0 Å². The Morgan fingerprint density at radius 1 is 1.19 bits per heavy atom. The molecule has 16 heavy (non-hydrogen) atoms. The number of benzene rings is 1. The van der Waals surface area contributed by atoms with E-state index in [9.17, 15) is 0 Å². The smallest absolute Gasteiger partial charge is 0.161 e. The van der Waals surface area contributed by atoms with Gasteiger partial charge in [-0.3, -0.25) is 0 Å². The van der Waals surface area contributed by atoms with E-state index >= 15 is 0 Å². The van der Waals surface area contributed by atoms with Gasteiger partial charge < -0.3 is 19.3 Å². The summed E-state index contributed by atoms with van der Waals surface area (Å²) in [5.74, 6) is 1.29. The normalized spacial score (nSPS) is 10.2. The zero-order chi connectivity index (χ0) is 11.8. The van der Waals surface area contributed by atoms with E-state index in [4.69, 9.17) is 19.3 Å². The van der Waals surface area contributed by atoms with E-state index in [1.165, 1.54) is 0 Å². The molecule has 1 aromatic carbocycles. The molecule has 0 aliphatic heterocycles. The average molecular weight is 226 g/mol. The number of methoxy groups -OCH3 is 1. The van der Waals surface area contributed by atoms with Crippen molar-refractivity contribution in [3.05, 3.63) is 23.8 Å². The van der Waals surface area contributed by atoms with E-state index in [1.54, 1.807) is 25.3 Å². The van der Waals surface area contributed by atoms with Crippen LogP contribution in [0.4, 0.5) is 0 Å². The maximum absolute atomic E-state index is 9.01. The Labute approximate surface area is 95.8 Å². The molecule has 0 aromatic heterocycles. The Kier molecular flexibility index (Phi) is 5.67. The molecular weight excluding hydrogens is 208 g/mol. The maximum atomic E-state index is 9.01. The van der Waals surface area contributed by atoms with Gasteiger partial charge in [0.15, 0.2) is 11.5 Å². The molecule has 1 aromatic rings. The third kappa shape index (κ3) is 3.72. The second-order valence-electron chi connectivity index (χ2n) is 3.19. The van der Waals surface area contributed by atoms with Gasteiger partial charge in [-0.05, 0) is 24.6 Å². The van der Waals surface area contributed by atoms with Crippen molar-refractivity contribution in [3.63, 3.8) is 0 Å². The fraction of sp³-hybridized carbons (Fsp3) is 0.500. The molecule has 0 heterocycles. The van der Waals surface area contributed by atoms with Crippen molar-refractivity contribution in [1.29, 1.82) is 0 Å². The third-order valence-electron chi connectivity index (χ3n) is 2.10. The largest absolute Gasteiger partial charge is 0.493 e. The summed E-state index contributed by atoms with van der Waals surface area (Å²) < 4.78 is 15.8. The average Bonchev–Trinajstić information content (AvgIpc) is 2.34. The summed E-state index contributed by atoms with van der Waals surface area (Å²) in [6.07, 6.45) is 0. The fourth-order valence-electron chi connectivity index (χ4n) is 1.29. The summed E-state index contributed by atoms with van der Waals surface area (Å²) in [7, 11) is 1.59. The summed E-state index contributed by atoms with van der Waals surface area (Å²) in [4.78, 5) is 0. The van der Waals surface area contributed by atoms with Gasteiger partial charge in [0.05, 0.1) is 20.3 Å². The van der Waals surface area contributed by atoms with Gasteiger partial charge in [0.1, 0.15) is 6.61 Å². The molecule has 0 aliphatic carbocycles. The van der Waals surface area contributed by atoms with Crippen molar-refractivity contribution in [1.82, 2.24) is 0 Å². The highest BCUT2D eigenvalue weighted by atomic mass is 16.5. The van der Waals surface area contributed by atoms with Crippen LogP contribution >= 0.6 is 0 Å². The Hall–Kier alpha value is -1.26. The first-order chi connectivity index (χ1) is 7.81. The first kappa shape index (κ1) is 12.8. The lowest BCUT2D eigenvalue weighted by molar-refractivity contribution is 0.109. The molecule has 0 radical (unpaired) electrons. The second-order valence-corrected chi connectivity index (χ2v) is 3.19. The van der Waals surface area contributed by atoms with Crippen LogP contribution in [0, 0.1) is 0 Å². The van der Waals surface area contributed by atoms with E-state index in [0.717, 1.165) is 5.56 Å². The molecule has 0 amide bonds. The van der Waals surface area contributed by atoms with Crippen LogP contribution in [0.3, 0.4) is 0 Å². The van der Waals surface area contributed by atoms with Crippen LogP contribution in [0.1, 0.15) is 12.5 Å². The molecule has 4 nitrogen and oxygen atoms in total. The van der Waals surface area contributed by atoms with E-state index in [-0.39, 0.29) is 6.61 Å². The summed E-state index contributed by atoms with van der Waals surface area (Å²) in [6.45, 7) is 3.62. The molecule has 1 N–H and O–H groups in total. The highest BCUT2D eigenvalue weighted by Gasteiger charge is 2.05. The van der Waals surface area contributed by atoms with E-state index in [2.05, 4.69) is 0 Å². The molecule has 0 saturated heterocycles. The Morgan fingerprint density at radius 2 is 2.00 bits per heavy atom. The minimum atomic E-state index is -0.00812. The van der Waals surface area contributed by atoms with E-state index in [0.29, 0.717) is 31.3 Å². The van der Waals surface area contributed by atoms with Crippen LogP contribution < -0.4 is 9.47 Å². The lowest BCUT2D eigenvalue weighted by Crippen LogP contribution is -2.07. The maximum Gasteiger partial charge on any atom is 0.161 e. The monoisotopic (exact) mass is 226 g/mol. The van der Waals surface area contributed by atoms with Crippen molar-refractivity contribution in [2.24, 2.45) is 0 Å². The number of rotatable bonds is 7. The van der Waals surface area contributed by atoms with Crippen LogP contribution in [0.15, 0.2) is 18.2 Å². The predicted molar refractivity (Wildman–Crippen MR) is 60.9 cm³/mol. The number of hydrogen-bond donors (Lipinski definition) is 1. The predicted octanol–water partition coefficient (Wildman–Crippen LogP) is 1.60. The van der Waals surface area contributed by atoms with Gasteiger partial charge in [0.25, 0.3) is 0 Å². The number of aliphatic hydroxyl groups is 1. The SMILES string of the molecule is CCOCCOc1cc(CO)ccc1OC. The van der Waals surface area contributed by atoms with E-state index in [1.807, 2.05) is 6.92 Å². The first-order valence-corrected chi connectivity index (χ1v) is 5.30. The quantitative estimate of drug-likeness (QED) is 0.717. The molecule has 0 aliphatic rings. The Bertz CT molecular complexity index is 312. The van der Waals surface area contributed by atoms with Gasteiger partial charge in [0, 0.05) is 6.61 Å². The van der Waals surface area contributed by atoms with Crippen LogP contribution in [0.5, 0.6) is 11.5 Å². The Balaban J connectivity index is 2.60. The molecule has 4 heteroatoms. The zero-order valence-corrected chi connectivity index (χ0v) is 9.73. The lowest BCUT2D eigenvalue weighted by Gasteiger charge is -2.11. The van der Waals surface area contributed by atoms with Gasteiger partial charge in [-0.1, -0.05) is 6.07 Å². The van der Waals surface area contributed by atoms with Crippen molar-refractivity contribution in [2.75, 3.05) is 26.9 Å². The molecule has 90 valence electrons. The van der Waals surface area contributed by atoms with Crippen molar-refractivity contribution >= 4 is 0 Å². The number of hydrogen-bond acceptors (Lipinski definition) is 4. The molecule has 0 atom stereocenters. The van der Waals surface area contributed by atoms with Gasteiger partial charge in [0.2, 0.25) is 0 Å². The van der Waals surface area contributed by atoms with Crippen LogP contribution in [0.25, 0.3) is 0 Å². The summed E-state index contributed by atoms with van der Waals surface area (Å²) in [6, 6.07) is 5.35. The fourth-order valence-corrected chi connectivity index (χ4v) is 1.29. The van der Waals surface area contributed by atoms with Crippen LogP contribution in [-0.2, 0) is 11.3 Å². The molecule has 0 bridgehead atoms. The van der Waals surface area contributed by atoms with Crippen LogP contribution in [-0.4, -0.2) is 32.0 Å².